The van der Waals surface area contributed by atoms with E-state index in [4.69, 9.17) is 4.98 Å². The Kier molecular flexibility index (Phi) is 5.09. The zero-order valence-corrected chi connectivity index (χ0v) is 16.1. The van der Waals surface area contributed by atoms with Gasteiger partial charge >= 0.3 is 0 Å². The zero-order valence-electron chi connectivity index (χ0n) is 15.3. The lowest BCUT2D eigenvalue weighted by Crippen LogP contribution is -2.45. The first-order valence-corrected chi connectivity index (χ1v) is 10.5. The van der Waals surface area contributed by atoms with Gasteiger partial charge < -0.3 is 10.6 Å². The fraction of sp³-hybridized carbons (Fsp3) is 0.524. The molecule has 138 valence electrons. The van der Waals surface area contributed by atoms with Crippen LogP contribution in [-0.4, -0.2) is 30.5 Å². The second kappa shape index (κ2) is 7.49. The minimum atomic E-state index is -0.00845. The van der Waals surface area contributed by atoms with Gasteiger partial charge in [-0.1, -0.05) is 31.2 Å². The number of nitrogens with one attached hydrogen (secondary N) is 2. The van der Waals surface area contributed by atoms with Crippen LogP contribution in [-0.2, 0) is 4.79 Å². The van der Waals surface area contributed by atoms with Crippen molar-refractivity contribution in [2.45, 2.75) is 38.5 Å². The molecule has 2 aliphatic rings. The number of thiazole rings is 1. The predicted octanol–water partition coefficient (Wildman–Crippen LogP) is 3.85. The number of hydrogen-bond acceptors (Lipinski definition) is 4. The zero-order chi connectivity index (χ0) is 18.0. The molecule has 2 unspecified atom stereocenters. The molecule has 2 atom stereocenters. The minimum absolute atomic E-state index is 0.00845. The summed E-state index contributed by atoms with van der Waals surface area (Å²) in [6.45, 7) is 5.17. The second-order valence-corrected chi connectivity index (χ2v) is 9.02. The largest absolute Gasteiger partial charge is 0.355 e. The molecular formula is C21H27N3OS. The lowest BCUT2D eigenvalue weighted by molar-refractivity contribution is -0.126. The van der Waals surface area contributed by atoms with Crippen LogP contribution in [0.15, 0.2) is 36.4 Å². The Morgan fingerprint density at radius 3 is 2.85 bits per heavy atom. The van der Waals surface area contributed by atoms with E-state index < -0.39 is 0 Å². The van der Waals surface area contributed by atoms with Crippen LogP contribution in [0, 0.1) is 11.3 Å². The van der Waals surface area contributed by atoms with Crippen LogP contribution in [0.4, 0.5) is 0 Å². The van der Waals surface area contributed by atoms with E-state index in [1.54, 1.807) is 11.3 Å². The van der Waals surface area contributed by atoms with Crippen LogP contribution >= 0.6 is 11.3 Å². The maximum atomic E-state index is 13.0. The SMILES string of the molecule is CC1(CNC(=O)C2CC=CCC2c2nc3ccccc3s2)CCNCC1. The summed E-state index contributed by atoms with van der Waals surface area (Å²) in [6.07, 6.45) is 8.32. The van der Waals surface area contributed by atoms with Crippen LogP contribution in [0.25, 0.3) is 10.2 Å². The van der Waals surface area contributed by atoms with Gasteiger partial charge in [0, 0.05) is 12.5 Å². The number of fused-ring (bicyclic) bond motifs is 1. The Morgan fingerprint density at radius 1 is 1.27 bits per heavy atom. The van der Waals surface area contributed by atoms with E-state index in [1.165, 1.54) is 4.70 Å². The van der Waals surface area contributed by atoms with Crippen molar-refractivity contribution in [3.05, 3.63) is 41.4 Å². The Bertz CT molecular complexity index is 773. The molecular weight excluding hydrogens is 342 g/mol. The molecule has 1 saturated heterocycles. The quantitative estimate of drug-likeness (QED) is 0.805. The number of nitrogens with zero attached hydrogens (tertiary/aromatic N) is 1. The molecule has 2 heterocycles. The van der Waals surface area contributed by atoms with Gasteiger partial charge in [0.2, 0.25) is 5.91 Å². The molecule has 1 aliphatic heterocycles. The highest BCUT2D eigenvalue weighted by Crippen LogP contribution is 2.38. The van der Waals surface area contributed by atoms with Crippen molar-refractivity contribution >= 4 is 27.5 Å². The second-order valence-electron chi connectivity index (χ2n) is 7.95. The Balaban J connectivity index is 1.48. The average molecular weight is 370 g/mol. The van der Waals surface area contributed by atoms with Crippen LogP contribution in [0.1, 0.15) is 43.5 Å². The number of piperidine rings is 1. The molecule has 1 aliphatic carbocycles. The van der Waals surface area contributed by atoms with Crippen LogP contribution in [0.3, 0.4) is 0 Å². The number of para-hydroxylation sites is 1. The van der Waals surface area contributed by atoms with Gasteiger partial charge in [0.15, 0.2) is 0 Å². The van der Waals surface area contributed by atoms with E-state index in [0.29, 0.717) is 0 Å². The van der Waals surface area contributed by atoms with Crippen molar-refractivity contribution in [3.63, 3.8) is 0 Å². The molecule has 1 aromatic heterocycles. The molecule has 2 aromatic rings. The molecule has 0 radical (unpaired) electrons. The normalized spacial score (nSPS) is 25.3. The van der Waals surface area contributed by atoms with Crippen LogP contribution in [0.5, 0.6) is 0 Å². The van der Waals surface area contributed by atoms with E-state index in [2.05, 4.69) is 47.9 Å². The number of benzene rings is 1. The summed E-state index contributed by atoms with van der Waals surface area (Å²) in [4.78, 5) is 17.8. The van der Waals surface area contributed by atoms with Crippen LogP contribution < -0.4 is 10.6 Å². The highest BCUT2D eigenvalue weighted by molar-refractivity contribution is 7.18. The molecule has 26 heavy (non-hydrogen) atoms. The molecule has 1 amide bonds. The van der Waals surface area contributed by atoms with Crippen molar-refractivity contribution in [2.75, 3.05) is 19.6 Å². The van der Waals surface area contributed by atoms with E-state index in [0.717, 1.165) is 55.8 Å². The monoisotopic (exact) mass is 369 g/mol. The summed E-state index contributed by atoms with van der Waals surface area (Å²) < 4.78 is 1.21. The fourth-order valence-corrected chi connectivity index (χ4v) is 5.21. The van der Waals surface area contributed by atoms with Gasteiger partial charge in [-0.15, -0.1) is 11.3 Å². The lowest BCUT2D eigenvalue weighted by Gasteiger charge is -2.35. The molecule has 4 rings (SSSR count). The van der Waals surface area contributed by atoms with Gasteiger partial charge in [0.25, 0.3) is 0 Å². The first kappa shape index (κ1) is 17.7. The molecule has 1 aromatic carbocycles. The highest BCUT2D eigenvalue weighted by atomic mass is 32.1. The Hall–Kier alpha value is -1.72. The maximum Gasteiger partial charge on any atom is 0.224 e. The predicted molar refractivity (Wildman–Crippen MR) is 107 cm³/mol. The first-order valence-electron chi connectivity index (χ1n) is 9.64. The van der Waals surface area contributed by atoms with Gasteiger partial charge in [-0.2, -0.15) is 0 Å². The van der Waals surface area contributed by atoms with Crippen LogP contribution in [0.2, 0.25) is 0 Å². The topological polar surface area (TPSA) is 54.0 Å². The number of amides is 1. The number of carbonyl (C=O) groups is 1. The third-order valence-electron chi connectivity index (χ3n) is 5.90. The molecule has 4 nitrogen and oxygen atoms in total. The number of rotatable bonds is 4. The van der Waals surface area contributed by atoms with E-state index in [1.807, 2.05) is 6.07 Å². The van der Waals surface area contributed by atoms with Gasteiger partial charge in [-0.05, 0) is 56.3 Å². The summed E-state index contributed by atoms with van der Waals surface area (Å²) in [5.74, 6) is 0.377. The molecule has 5 heteroatoms. The van der Waals surface area contributed by atoms with Gasteiger partial charge in [-0.25, -0.2) is 4.98 Å². The van der Waals surface area contributed by atoms with Gasteiger partial charge in [0.05, 0.1) is 21.1 Å². The molecule has 0 spiro atoms. The third kappa shape index (κ3) is 3.69. The third-order valence-corrected chi connectivity index (χ3v) is 7.07. The molecule has 0 bridgehead atoms. The summed E-state index contributed by atoms with van der Waals surface area (Å²) in [6, 6.07) is 8.24. The van der Waals surface area contributed by atoms with Crippen molar-refractivity contribution in [2.24, 2.45) is 11.3 Å². The summed E-state index contributed by atoms with van der Waals surface area (Å²) in [5, 5.41) is 7.78. The van der Waals surface area contributed by atoms with Crippen molar-refractivity contribution in [1.82, 2.24) is 15.6 Å². The highest BCUT2D eigenvalue weighted by Gasteiger charge is 2.34. The van der Waals surface area contributed by atoms with Crippen molar-refractivity contribution < 1.29 is 4.79 Å². The number of hydrogen-bond donors (Lipinski definition) is 2. The summed E-state index contributed by atoms with van der Waals surface area (Å²) in [5.41, 5.74) is 1.26. The number of allylic oxidation sites excluding steroid dienone is 2. The lowest BCUT2D eigenvalue weighted by atomic mass is 9.80. The molecule has 1 fully saturated rings. The smallest absolute Gasteiger partial charge is 0.224 e. The van der Waals surface area contributed by atoms with Crippen molar-refractivity contribution in [1.29, 1.82) is 0 Å². The summed E-state index contributed by atoms with van der Waals surface area (Å²) >= 11 is 1.74. The first-order chi connectivity index (χ1) is 12.6. The van der Waals surface area contributed by atoms with E-state index in [-0.39, 0.29) is 23.2 Å². The van der Waals surface area contributed by atoms with E-state index in [9.17, 15) is 4.79 Å². The molecule has 0 saturated carbocycles. The number of carbonyl (C=O) groups excluding carboxylic acids is 1. The standard InChI is InChI=1S/C21H27N3OS/c1-21(10-12-22-13-11-21)14-23-19(25)15-6-2-3-7-16(15)20-24-17-8-4-5-9-18(17)26-20/h2-5,8-9,15-16,22H,6-7,10-14H2,1H3,(H,23,25). The fourth-order valence-electron chi connectivity index (χ4n) is 4.06. The maximum absolute atomic E-state index is 13.0. The van der Waals surface area contributed by atoms with Gasteiger partial charge in [-0.3, -0.25) is 4.79 Å². The minimum Gasteiger partial charge on any atom is -0.355 e. The van der Waals surface area contributed by atoms with Crippen molar-refractivity contribution in [3.8, 4) is 0 Å². The Morgan fingerprint density at radius 2 is 2.04 bits per heavy atom. The summed E-state index contributed by atoms with van der Waals surface area (Å²) in [7, 11) is 0. The molecule has 2 N–H and O–H groups in total. The van der Waals surface area contributed by atoms with E-state index >= 15 is 0 Å². The average Bonchev–Trinajstić information content (AvgIpc) is 3.11. The van der Waals surface area contributed by atoms with Gasteiger partial charge in [0.1, 0.15) is 0 Å². The Labute approximate surface area is 159 Å². The number of aromatic nitrogens is 1.